The fourth-order valence-electron chi connectivity index (χ4n) is 2.75. The standard InChI is InChI=1S/C19H13N5S/c20-11-15-18(21-22-19(15)25)16-12-24(14-9-5-2-6-10-14)23-17(16)13-7-3-1-4-8-13/h1-10,12H,(H2,21,22,25). The molecule has 0 unspecified atom stereocenters. The summed E-state index contributed by atoms with van der Waals surface area (Å²) in [5, 5.41) is 20.1. The predicted octanol–water partition coefficient (Wildman–Crippen LogP) is 4.46. The van der Waals surface area contributed by atoms with Crippen LogP contribution in [0.15, 0.2) is 66.9 Å². The van der Waals surface area contributed by atoms with Gasteiger partial charge in [0.25, 0.3) is 0 Å². The lowest BCUT2D eigenvalue weighted by molar-refractivity contribution is 0.884. The number of H-pyrrole nitrogens is 2. The first-order chi connectivity index (χ1) is 12.3. The average Bonchev–Trinajstić information content (AvgIpc) is 3.26. The highest BCUT2D eigenvalue weighted by Crippen LogP contribution is 2.32. The van der Waals surface area contributed by atoms with Crippen molar-refractivity contribution in [3.05, 3.63) is 77.1 Å². The van der Waals surface area contributed by atoms with E-state index in [4.69, 9.17) is 17.3 Å². The Morgan fingerprint density at radius 2 is 1.64 bits per heavy atom. The molecule has 0 aliphatic rings. The van der Waals surface area contributed by atoms with Crippen LogP contribution in [0.2, 0.25) is 0 Å². The van der Waals surface area contributed by atoms with E-state index in [2.05, 4.69) is 16.3 Å². The van der Waals surface area contributed by atoms with E-state index in [1.807, 2.05) is 71.5 Å². The Morgan fingerprint density at radius 1 is 0.960 bits per heavy atom. The number of aromatic amines is 2. The second-order valence-corrected chi connectivity index (χ2v) is 5.89. The lowest BCUT2D eigenvalue weighted by atomic mass is 10.0. The van der Waals surface area contributed by atoms with Crippen molar-refractivity contribution in [1.29, 1.82) is 5.26 Å². The molecule has 6 heteroatoms. The normalized spacial score (nSPS) is 10.5. The van der Waals surface area contributed by atoms with Gasteiger partial charge in [0.1, 0.15) is 22.0 Å². The van der Waals surface area contributed by atoms with E-state index in [0.717, 1.165) is 22.5 Å². The molecule has 0 aliphatic heterocycles. The summed E-state index contributed by atoms with van der Waals surface area (Å²) >= 11 is 5.20. The zero-order valence-corrected chi connectivity index (χ0v) is 13.9. The Labute approximate surface area is 149 Å². The number of nitrogens with zero attached hydrogens (tertiary/aromatic N) is 3. The highest BCUT2D eigenvalue weighted by Gasteiger charge is 2.18. The summed E-state index contributed by atoms with van der Waals surface area (Å²) in [4.78, 5) is 0. The first-order valence-corrected chi connectivity index (χ1v) is 8.10. The maximum Gasteiger partial charge on any atom is 0.137 e. The lowest BCUT2D eigenvalue weighted by Gasteiger charge is -2.01. The molecule has 2 aromatic heterocycles. The summed E-state index contributed by atoms with van der Waals surface area (Å²) in [6.07, 6.45) is 1.91. The van der Waals surface area contributed by atoms with Crippen LogP contribution in [0, 0.1) is 16.0 Å². The Balaban J connectivity index is 1.98. The van der Waals surface area contributed by atoms with Crippen LogP contribution >= 0.6 is 12.2 Å². The van der Waals surface area contributed by atoms with Crippen LogP contribution in [-0.4, -0.2) is 20.0 Å². The van der Waals surface area contributed by atoms with Gasteiger partial charge in [-0.25, -0.2) is 4.68 Å². The van der Waals surface area contributed by atoms with E-state index in [1.165, 1.54) is 0 Å². The van der Waals surface area contributed by atoms with Crippen LogP contribution in [0.4, 0.5) is 0 Å². The summed E-state index contributed by atoms with van der Waals surface area (Å²) < 4.78 is 2.20. The van der Waals surface area contributed by atoms with Crippen LogP contribution in [0.25, 0.3) is 28.2 Å². The first-order valence-electron chi connectivity index (χ1n) is 7.69. The molecule has 5 nitrogen and oxygen atoms in total. The topological polar surface area (TPSA) is 73.2 Å². The second-order valence-electron chi connectivity index (χ2n) is 5.48. The van der Waals surface area contributed by atoms with E-state index < -0.39 is 0 Å². The zero-order valence-electron chi connectivity index (χ0n) is 13.1. The van der Waals surface area contributed by atoms with Gasteiger partial charge in [0.05, 0.1) is 11.4 Å². The summed E-state index contributed by atoms with van der Waals surface area (Å²) in [5.74, 6) is 0. The quantitative estimate of drug-likeness (QED) is 0.539. The Kier molecular flexibility index (Phi) is 3.77. The monoisotopic (exact) mass is 343 g/mol. The molecule has 0 saturated carbocycles. The molecule has 2 aromatic carbocycles. The minimum absolute atomic E-state index is 0.393. The highest BCUT2D eigenvalue weighted by atomic mass is 32.1. The van der Waals surface area contributed by atoms with E-state index >= 15 is 0 Å². The van der Waals surface area contributed by atoms with Crippen LogP contribution in [-0.2, 0) is 0 Å². The van der Waals surface area contributed by atoms with Crippen molar-refractivity contribution in [2.24, 2.45) is 0 Å². The molecular formula is C19H13N5S. The van der Waals surface area contributed by atoms with Crippen molar-refractivity contribution in [2.45, 2.75) is 0 Å². The molecule has 2 N–H and O–H groups in total. The predicted molar refractivity (Wildman–Crippen MR) is 98.7 cm³/mol. The zero-order chi connectivity index (χ0) is 17.2. The van der Waals surface area contributed by atoms with Gasteiger partial charge in [-0.15, -0.1) is 0 Å². The van der Waals surface area contributed by atoms with E-state index in [9.17, 15) is 5.26 Å². The third-order valence-corrected chi connectivity index (χ3v) is 4.25. The molecule has 0 fully saturated rings. The second kappa shape index (κ2) is 6.23. The smallest absolute Gasteiger partial charge is 0.137 e. The molecule has 0 saturated heterocycles. The number of rotatable bonds is 3. The minimum atomic E-state index is 0.393. The molecule has 120 valence electrons. The van der Waals surface area contributed by atoms with Crippen molar-refractivity contribution in [3.8, 4) is 34.3 Å². The van der Waals surface area contributed by atoms with Gasteiger partial charge in [0.2, 0.25) is 0 Å². The van der Waals surface area contributed by atoms with Crippen LogP contribution < -0.4 is 0 Å². The Hall–Kier alpha value is -3.43. The van der Waals surface area contributed by atoms with Gasteiger partial charge in [0, 0.05) is 17.3 Å². The van der Waals surface area contributed by atoms with Crippen LogP contribution in [0.5, 0.6) is 0 Å². The van der Waals surface area contributed by atoms with Crippen molar-refractivity contribution in [1.82, 2.24) is 20.0 Å². The molecule has 2 heterocycles. The van der Waals surface area contributed by atoms with Gasteiger partial charge in [0.15, 0.2) is 0 Å². The molecule has 0 spiro atoms. The summed E-state index contributed by atoms with van der Waals surface area (Å²) in [5.41, 5.74) is 4.58. The molecule has 0 radical (unpaired) electrons. The number of hydrogen-bond donors (Lipinski definition) is 2. The molecular weight excluding hydrogens is 330 g/mol. The molecule has 0 bridgehead atoms. The van der Waals surface area contributed by atoms with Gasteiger partial charge in [-0.2, -0.15) is 10.4 Å². The van der Waals surface area contributed by atoms with Crippen LogP contribution in [0.1, 0.15) is 5.56 Å². The Bertz CT molecular complexity index is 1110. The van der Waals surface area contributed by atoms with Gasteiger partial charge in [-0.1, -0.05) is 60.7 Å². The first kappa shape index (κ1) is 15.1. The summed E-state index contributed by atoms with van der Waals surface area (Å²) in [7, 11) is 0. The third-order valence-electron chi connectivity index (χ3n) is 3.94. The molecule has 0 amide bonds. The summed E-state index contributed by atoms with van der Waals surface area (Å²) in [6.45, 7) is 0. The fraction of sp³-hybridized carbons (Fsp3) is 0. The number of nitrogens with one attached hydrogen (secondary N) is 2. The summed E-state index contributed by atoms with van der Waals surface area (Å²) in [6, 6.07) is 21.9. The molecule has 0 aliphatic carbocycles. The molecule has 25 heavy (non-hydrogen) atoms. The maximum absolute atomic E-state index is 9.45. The van der Waals surface area contributed by atoms with Crippen molar-refractivity contribution in [2.75, 3.05) is 0 Å². The van der Waals surface area contributed by atoms with Crippen LogP contribution in [0.3, 0.4) is 0 Å². The van der Waals surface area contributed by atoms with E-state index in [-0.39, 0.29) is 0 Å². The average molecular weight is 343 g/mol. The van der Waals surface area contributed by atoms with E-state index in [0.29, 0.717) is 15.9 Å². The number of para-hydroxylation sites is 1. The number of aromatic nitrogens is 4. The minimum Gasteiger partial charge on any atom is -0.298 e. The number of benzene rings is 2. The van der Waals surface area contributed by atoms with Gasteiger partial charge < -0.3 is 0 Å². The SMILES string of the molecule is N#Cc1c(-c2cn(-c3ccccc3)nc2-c2ccccc2)[nH][nH]c1=S. The van der Waals surface area contributed by atoms with E-state index in [1.54, 1.807) is 0 Å². The molecule has 0 atom stereocenters. The molecule has 4 rings (SSSR count). The van der Waals surface area contributed by atoms with Crippen molar-refractivity contribution in [3.63, 3.8) is 0 Å². The fourth-order valence-corrected chi connectivity index (χ4v) is 2.94. The van der Waals surface area contributed by atoms with Gasteiger partial charge >= 0.3 is 0 Å². The Morgan fingerprint density at radius 3 is 2.32 bits per heavy atom. The van der Waals surface area contributed by atoms with Crippen molar-refractivity contribution < 1.29 is 0 Å². The van der Waals surface area contributed by atoms with Gasteiger partial charge in [-0.05, 0) is 12.1 Å². The van der Waals surface area contributed by atoms with Gasteiger partial charge in [-0.3, -0.25) is 10.2 Å². The lowest BCUT2D eigenvalue weighted by Crippen LogP contribution is -1.93. The third kappa shape index (κ3) is 2.67. The molecule has 4 aromatic rings. The maximum atomic E-state index is 9.45. The number of nitriles is 1. The number of hydrogen-bond acceptors (Lipinski definition) is 3. The highest BCUT2D eigenvalue weighted by molar-refractivity contribution is 7.71. The van der Waals surface area contributed by atoms with Crippen molar-refractivity contribution >= 4 is 12.2 Å². The largest absolute Gasteiger partial charge is 0.298 e.